The van der Waals surface area contributed by atoms with E-state index in [2.05, 4.69) is 0 Å². The van der Waals surface area contributed by atoms with Crippen molar-refractivity contribution in [3.8, 4) is 0 Å². The van der Waals surface area contributed by atoms with Crippen molar-refractivity contribution in [2.75, 3.05) is 30.9 Å². The second-order valence-electron chi connectivity index (χ2n) is 4.60. The lowest BCUT2D eigenvalue weighted by Gasteiger charge is -2.40. The lowest BCUT2D eigenvalue weighted by atomic mass is 9.95. The van der Waals surface area contributed by atoms with Gasteiger partial charge in [-0.25, -0.2) is 8.78 Å². The Morgan fingerprint density at radius 2 is 1.95 bits per heavy atom. The summed E-state index contributed by atoms with van der Waals surface area (Å²) in [6.07, 6.45) is 2.39. The van der Waals surface area contributed by atoms with Crippen LogP contribution in [0, 0.1) is 11.6 Å². The fourth-order valence-corrected chi connectivity index (χ4v) is 3.23. The normalized spacial score (nSPS) is 20.2. The topological polar surface area (TPSA) is 21.7 Å². The lowest BCUT2D eigenvalue weighted by molar-refractivity contribution is -0.170. The minimum atomic E-state index is -0.964. The van der Waals surface area contributed by atoms with Gasteiger partial charge in [0, 0.05) is 24.6 Å². The van der Waals surface area contributed by atoms with Crippen molar-refractivity contribution in [1.82, 2.24) is 0 Å². The molecule has 0 aromatic heterocycles. The first-order chi connectivity index (χ1) is 9.57. The van der Waals surface area contributed by atoms with Crippen molar-refractivity contribution < 1.29 is 18.3 Å². The van der Waals surface area contributed by atoms with Crippen molar-refractivity contribution in [2.24, 2.45) is 0 Å². The van der Waals surface area contributed by atoms with Gasteiger partial charge >= 0.3 is 0 Å². The molecule has 0 aliphatic carbocycles. The molecular weight excluding hydrogens is 304 g/mol. The third-order valence-electron chi connectivity index (χ3n) is 3.55. The molecular formula is C13H13F2NO2S2. The largest absolute Gasteiger partial charge is 0.343 e. The molecule has 1 fully saturated rings. The number of rotatable bonds is 0. The number of thiocarbonyl (C=S) groups is 1. The summed E-state index contributed by atoms with van der Waals surface area (Å²) in [7, 11) is 0. The van der Waals surface area contributed by atoms with Gasteiger partial charge in [0.2, 0.25) is 0 Å². The van der Waals surface area contributed by atoms with E-state index in [1.54, 1.807) is 4.90 Å². The predicted molar refractivity (Wildman–Crippen MR) is 78.0 cm³/mol. The van der Waals surface area contributed by atoms with Gasteiger partial charge < -0.3 is 14.4 Å². The molecule has 3 rings (SSSR count). The quantitative estimate of drug-likeness (QED) is 0.684. The van der Waals surface area contributed by atoms with Gasteiger partial charge in [0.1, 0.15) is 4.32 Å². The highest BCUT2D eigenvalue weighted by Crippen LogP contribution is 2.45. The van der Waals surface area contributed by atoms with E-state index in [4.69, 9.17) is 21.7 Å². The maximum Gasteiger partial charge on any atom is 0.198 e. The Hall–Kier alpha value is -0.760. The van der Waals surface area contributed by atoms with Crippen LogP contribution in [-0.2, 0) is 15.3 Å². The van der Waals surface area contributed by atoms with E-state index in [0.717, 1.165) is 6.07 Å². The highest BCUT2D eigenvalue weighted by Gasteiger charge is 2.45. The summed E-state index contributed by atoms with van der Waals surface area (Å²) in [4.78, 5) is 1.80. The van der Waals surface area contributed by atoms with Crippen LogP contribution in [-0.4, -0.2) is 30.3 Å². The third kappa shape index (κ3) is 2.13. The Kier molecular flexibility index (Phi) is 3.70. The van der Waals surface area contributed by atoms with E-state index in [-0.39, 0.29) is 0 Å². The van der Waals surface area contributed by atoms with Gasteiger partial charge in [0.05, 0.1) is 18.9 Å². The molecule has 2 heterocycles. The SMILES string of the molecule is CSC(=S)N1CCC2(OCCO2)c2cc(F)c(F)cc21. The molecule has 0 bridgehead atoms. The minimum Gasteiger partial charge on any atom is -0.343 e. The van der Waals surface area contributed by atoms with Gasteiger partial charge in [-0.3, -0.25) is 0 Å². The summed E-state index contributed by atoms with van der Waals surface area (Å²) < 4.78 is 39.2. The maximum absolute atomic E-state index is 13.6. The zero-order chi connectivity index (χ0) is 14.3. The van der Waals surface area contributed by atoms with Gasteiger partial charge in [0.25, 0.3) is 0 Å². The summed E-state index contributed by atoms with van der Waals surface area (Å²) in [6, 6.07) is 2.32. The van der Waals surface area contributed by atoms with Crippen LogP contribution in [0.25, 0.3) is 0 Å². The van der Waals surface area contributed by atoms with Crippen LogP contribution < -0.4 is 4.90 Å². The fourth-order valence-electron chi connectivity index (χ4n) is 2.63. The summed E-state index contributed by atoms with van der Waals surface area (Å²) in [5, 5.41) is 0. The number of halogens is 2. The molecule has 108 valence electrons. The molecule has 1 aromatic carbocycles. The Morgan fingerprint density at radius 1 is 1.30 bits per heavy atom. The Morgan fingerprint density at radius 3 is 2.60 bits per heavy atom. The van der Waals surface area contributed by atoms with Crippen LogP contribution in [0.2, 0.25) is 0 Å². The van der Waals surface area contributed by atoms with E-state index in [9.17, 15) is 8.78 Å². The van der Waals surface area contributed by atoms with Crippen molar-refractivity contribution in [3.63, 3.8) is 0 Å². The molecule has 7 heteroatoms. The first-order valence-corrected chi connectivity index (χ1v) is 7.83. The molecule has 1 spiro atoms. The van der Waals surface area contributed by atoms with E-state index in [1.807, 2.05) is 6.26 Å². The van der Waals surface area contributed by atoms with E-state index < -0.39 is 17.4 Å². The second kappa shape index (κ2) is 5.22. The number of thioether (sulfide) groups is 1. The Labute approximate surface area is 125 Å². The van der Waals surface area contributed by atoms with Gasteiger partial charge in [-0.15, -0.1) is 11.8 Å². The molecule has 0 amide bonds. The standard InChI is InChI=1S/C13H13F2NO2S2/c1-20-12(19)16-3-2-13(17-4-5-18-13)8-6-9(14)10(15)7-11(8)16/h6-7H,2-5H2,1H3. The Bertz CT molecular complexity index is 562. The molecule has 0 unspecified atom stereocenters. The van der Waals surface area contributed by atoms with Crippen LogP contribution >= 0.6 is 24.0 Å². The predicted octanol–water partition coefficient (Wildman–Crippen LogP) is 3.02. The monoisotopic (exact) mass is 317 g/mol. The number of anilines is 1. The molecule has 1 saturated heterocycles. The van der Waals surface area contributed by atoms with Crippen LogP contribution in [0.5, 0.6) is 0 Å². The maximum atomic E-state index is 13.6. The van der Waals surface area contributed by atoms with Crippen molar-refractivity contribution >= 4 is 34.0 Å². The molecule has 0 radical (unpaired) electrons. The highest BCUT2D eigenvalue weighted by molar-refractivity contribution is 8.22. The van der Waals surface area contributed by atoms with Gasteiger partial charge in [0.15, 0.2) is 17.4 Å². The minimum absolute atomic E-state index is 0.450. The third-order valence-corrected chi connectivity index (χ3v) is 4.84. The zero-order valence-corrected chi connectivity index (χ0v) is 12.5. The van der Waals surface area contributed by atoms with Gasteiger partial charge in [-0.2, -0.15) is 0 Å². The van der Waals surface area contributed by atoms with E-state index in [1.165, 1.54) is 17.8 Å². The smallest absolute Gasteiger partial charge is 0.198 e. The average Bonchev–Trinajstić information content (AvgIpc) is 2.90. The van der Waals surface area contributed by atoms with E-state index in [0.29, 0.717) is 41.8 Å². The molecule has 3 nitrogen and oxygen atoms in total. The van der Waals surface area contributed by atoms with Gasteiger partial charge in [-0.1, -0.05) is 12.2 Å². The van der Waals surface area contributed by atoms with E-state index >= 15 is 0 Å². The summed E-state index contributed by atoms with van der Waals surface area (Å²) in [5.74, 6) is -2.76. The molecule has 2 aliphatic rings. The number of nitrogens with zero attached hydrogens (tertiary/aromatic N) is 1. The molecule has 2 aliphatic heterocycles. The first kappa shape index (κ1) is 14.2. The average molecular weight is 317 g/mol. The van der Waals surface area contributed by atoms with Crippen LogP contribution in [0.3, 0.4) is 0 Å². The van der Waals surface area contributed by atoms with Crippen molar-refractivity contribution in [2.45, 2.75) is 12.2 Å². The number of hydrogen-bond donors (Lipinski definition) is 0. The van der Waals surface area contributed by atoms with Crippen molar-refractivity contribution in [1.29, 1.82) is 0 Å². The first-order valence-electron chi connectivity index (χ1n) is 6.20. The van der Waals surface area contributed by atoms with Gasteiger partial charge in [-0.05, 0) is 12.3 Å². The molecule has 0 saturated carbocycles. The number of ether oxygens (including phenoxy) is 2. The van der Waals surface area contributed by atoms with Crippen molar-refractivity contribution in [3.05, 3.63) is 29.3 Å². The van der Waals surface area contributed by atoms with Crippen LogP contribution in [0.15, 0.2) is 12.1 Å². The summed E-state index contributed by atoms with van der Waals surface area (Å²) in [5.41, 5.74) is 1.04. The number of benzene rings is 1. The molecule has 0 atom stereocenters. The van der Waals surface area contributed by atoms with Crippen LogP contribution in [0.4, 0.5) is 14.5 Å². The molecule has 0 N–H and O–H groups in total. The lowest BCUT2D eigenvalue weighted by Crippen LogP contribution is -2.42. The summed E-state index contributed by atoms with van der Waals surface area (Å²) in [6.45, 7) is 1.45. The highest BCUT2D eigenvalue weighted by atomic mass is 32.2. The van der Waals surface area contributed by atoms with Crippen LogP contribution in [0.1, 0.15) is 12.0 Å². The number of hydrogen-bond acceptors (Lipinski definition) is 4. The molecule has 1 aromatic rings. The summed E-state index contributed by atoms with van der Waals surface area (Å²) >= 11 is 6.68. The molecule has 20 heavy (non-hydrogen) atoms. The second-order valence-corrected chi connectivity index (χ2v) is 6.05. The zero-order valence-electron chi connectivity index (χ0n) is 10.8. The Balaban J connectivity index is 2.14. The number of fused-ring (bicyclic) bond motifs is 2. The fraction of sp³-hybridized carbons (Fsp3) is 0.462.